The molecule has 0 unspecified atom stereocenters. The van der Waals surface area contributed by atoms with E-state index >= 15 is 0 Å². The van der Waals surface area contributed by atoms with Gasteiger partial charge in [0.05, 0.1) is 93.5 Å². The number of ether oxygens (including phenoxy) is 4. The number of hydrogen-bond acceptors (Lipinski definition) is 20. The first-order chi connectivity index (χ1) is 46.4. The SMILES string of the molecule is C.C1=Nc2ccccc2N=1.C1=Nc2ccccc2N=1.CC(C)C(=O)OCC(C)(C)N1Cc2cccc(n2)CN(C(C)(C)COC(=O)C(C)C)Cc2cccc(n2)C1.CC(C)C(=O)OCCCN1Cc2cccc(n2)CN(CCCOC(=O)C(C)C)Cc2cccc(n2)C1.F[P-](F)(F)(F)(F)F.[Cu+].[Cu+]. The predicted molar refractivity (Wildman–Crippen MR) is 376 cm³/mol. The molecule has 4 aliphatic heterocycles. The minimum atomic E-state index is -10.7. The molecule has 4 aliphatic rings. The van der Waals surface area contributed by atoms with Gasteiger partial charge < -0.3 is 18.9 Å². The van der Waals surface area contributed by atoms with Crippen LogP contribution < -0.4 is 0 Å². The maximum absolute atomic E-state index is 12.2. The minimum absolute atomic E-state index is 0. The van der Waals surface area contributed by atoms with E-state index in [2.05, 4.69) is 116 Å². The number of carbonyl (C=O) groups excluding carboxylic acids is 4. The Morgan fingerprint density at radius 2 is 0.608 bits per heavy atom. The van der Waals surface area contributed by atoms with Crippen LogP contribution in [0.25, 0.3) is 0 Å². The molecule has 564 valence electrons. The summed E-state index contributed by atoms with van der Waals surface area (Å²) in [6, 6.07) is 45.0. The van der Waals surface area contributed by atoms with Gasteiger partial charge in [0.2, 0.25) is 0 Å². The number of nitrogens with zero attached hydrogens (tertiary/aromatic N) is 12. The molecular formula is C73H96Cu2F6N12O8P+. The van der Waals surface area contributed by atoms with E-state index < -0.39 is 18.9 Å². The number of aliphatic imine (C=N–C) groups is 4. The summed E-state index contributed by atoms with van der Waals surface area (Å²) in [6.45, 7) is 31.2. The second kappa shape index (κ2) is 40.0. The number of aromatic nitrogens is 4. The number of carbonyl (C=O) groups is 4. The Balaban J connectivity index is 0.000000385. The molecule has 8 bridgehead atoms. The van der Waals surface area contributed by atoms with Crippen molar-refractivity contribution in [1.82, 2.24) is 39.5 Å². The summed E-state index contributed by atoms with van der Waals surface area (Å²) in [7, 11) is -10.7. The van der Waals surface area contributed by atoms with Crippen LogP contribution in [-0.2, 0) is 125 Å². The van der Waals surface area contributed by atoms with Crippen molar-refractivity contribution in [3.63, 3.8) is 0 Å². The van der Waals surface area contributed by atoms with E-state index in [1.54, 1.807) is 0 Å². The van der Waals surface area contributed by atoms with Crippen molar-refractivity contribution in [1.29, 1.82) is 0 Å². The summed E-state index contributed by atoms with van der Waals surface area (Å²) >= 11 is 0. The molecule has 0 radical (unpaired) electrons. The molecule has 0 atom stereocenters. The van der Waals surface area contributed by atoms with Gasteiger partial charge in [0.1, 0.15) is 48.0 Å². The third-order valence-corrected chi connectivity index (χ3v) is 15.3. The van der Waals surface area contributed by atoms with Gasteiger partial charge in [-0.05, 0) is 113 Å². The van der Waals surface area contributed by atoms with Crippen molar-refractivity contribution in [3.05, 3.63) is 167 Å². The predicted octanol–water partition coefficient (Wildman–Crippen LogP) is 17.0. The molecule has 0 saturated carbocycles. The Labute approximate surface area is 616 Å². The third-order valence-electron chi connectivity index (χ3n) is 15.3. The van der Waals surface area contributed by atoms with E-state index in [4.69, 9.17) is 38.9 Å². The van der Waals surface area contributed by atoms with Crippen LogP contribution in [0.15, 0.2) is 141 Å². The quantitative estimate of drug-likeness (QED) is 0.0195. The van der Waals surface area contributed by atoms with Crippen molar-refractivity contribution in [2.75, 3.05) is 39.5 Å². The van der Waals surface area contributed by atoms with Gasteiger partial charge in [-0.1, -0.05) is 111 Å². The number of hydrogen-bond donors (Lipinski definition) is 0. The summed E-state index contributed by atoms with van der Waals surface area (Å²) in [5.41, 5.74) is 10.6. The number of benzene rings is 2. The van der Waals surface area contributed by atoms with Gasteiger partial charge in [0.25, 0.3) is 0 Å². The van der Waals surface area contributed by atoms with E-state index in [0.29, 0.717) is 65.6 Å². The van der Waals surface area contributed by atoms with E-state index in [1.165, 1.54) is 0 Å². The van der Waals surface area contributed by atoms with Gasteiger partial charge >= 0.3 is 91.0 Å². The van der Waals surface area contributed by atoms with Crippen LogP contribution in [-0.4, -0.2) is 126 Å². The first-order valence-corrected chi connectivity index (χ1v) is 35.0. The zero-order chi connectivity index (χ0) is 72.6. The number of pyridine rings is 4. The van der Waals surface area contributed by atoms with E-state index in [0.717, 1.165) is 94.2 Å². The molecule has 0 spiro atoms. The Morgan fingerprint density at radius 1 is 0.392 bits per heavy atom. The monoisotopic (exact) mass is 1540 g/mol. The molecule has 4 aromatic heterocycles. The normalized spacial score (nSPS) is 14.8. The zero-order valence-corrected chi connectivity index (χ0v) is 61.9. The average molecular weight is 1540 g/mol. The first kappa shape index (κ1) is 88.8. The van der Waals surface area contributed by atoms with E-state index in [9.17, 15) is 44.4 Å². The largest absolute Gasteiger partial charge is 1.00 e. The van der Waals surface area contributed by atoms with Gasteiger partial charge in [-0.3, -0.25) is 58.7 Å². The fraction of sp³-hybridized carbons (Fsp3) is 0.479. The van der Waals surface area contributed by atoms with Crippen LogP contribution in [0.1, 0.15) is 149 Å². The van der Waals surface area contributed by atoms with Crippen LogP contribution in [0, 0.1) is 23.7 Å². The smallest absolute Gasteiger partial charge is 1.00 e. The molecule has 10 rings (SSSR count). The molecule has 0 fully saturated rings. The molecule has 0 amide bonds. The van der Waals surface area contributed by atoms with Crippen molar-refractivity contribution < 1.29 is 97.4 Å². The first-order valence-electron chi connectivity index (χ1n) is 32.9. The Hall–Kier alpha value is -7.43. The molecular weight excluding hydrogens is 1440 g/mol. The van der Waals surface area contributed by atoms with Crippen LogP contribution in [0.4, 0.5) is 47.9 Å². The van der Waals surface area contributed by atoms with Crippen LogP contribution in [0.2, 0.25) is 0 Å². The Kier molecular flexibility index (Phi) is 34.8. The van der Waals surface area contributed by atoms with Crippen LogP contribution in [0.3, 0.4) is 0 Å². The van der Waals surface area contributed by atoms with Gasteiger partial charge in [0, 0.05) is 65.4 Å². The van der Waals surface area contributed by atoms with Crippen LogP contribution in [0.5, 0.6) is 0 Å². The van der Waals surface area contributed by atoms with Gasteiger partial charge in [-0.25, -0.2) is 0 Å². The Morgan fingerprint density at radius 3 is 0.833 bits per heavy atom. The van der Waals surface area contributed by atoms with Crippen molar-refractivity contribution in [2.24, 2.45) is 43.6 Å². The second-order valence-corrected chi connectivity index (χ2v) is 28.6. The van der Waals surface area contributed by atoms with Crippen molar-refractivity contribution >= 4 is 66.5 Å². The standard InChI is InChI=1S/C30H44N4O4.C28H40N4O4.2C7H4N2.CH4.2Cu.F6P/c1-21(2)27(35)37-19-29(5,6)33-15-23-11-9-13-25(31-23)17-34(18-26-14-10-12-24(16-33)32-26)30(7,8)20-38-28(36)22(3)4;1-21(2)27(33)35-15-7-13-31-17-23-9-5-11-25(29-23)19-32(14-8-16-36-28(34)22(3)4)20-26-12-6-10-24(18-31)30-26;2*1-2-4-7-6(3-1)8-5-9-7;;;;1-7(2,3,4,5)6/h9-14,21-22H,15-20H2,1-8H3;5-6,9-12,21-22H,7-8,13-20H2,1-4H3;2*1-4H;1H4;;;/q;;;;;2*+1;-1. The molecule has 20 nitrogen and oxygen atoms in total. The number of halogens is 6. The van der Waals surface area contributed by atoms with Gasteiger partial charge in [-0.2, -0.15) is 20.0 Å². The molecule has 2 aromatic carbocycles. The number of fused-ring (bicyclic) bond motifs is 10. The molecule has 8 heterocycles. The number of para-hydroxylation sites is 4. The summed E-state index contributed by atoms with van der Waals surface area (Å²) in [6.07, 6.45) is 1.51. The number of rotatable bonds is 18. The summed E-state index contributed by atoms with van der Waals surface area (Å²) < 4.78 is 81.2. The number of esters is 4. The zero-order valence-electron chi connectivity index (χ0n) is 59.1. The minimum Gasteiger partial charge on any atom is 1.00 e. The fourth-order valence-corrected chi connectivity index (χ4v) is 9.75. The summed E-state index contributed by atoms with van der Waals surface area (Å²) in [5, 5.41) is 0. The topological polar surface area (TPSA) is 219 Å². The van der Waals surface area contributed by atoms with Crippen molar-refractivity contribution in [3.8, 4) is 0 Å². The fourth-order valence-electron chi connectivity index (χ4n) is 9.75. The van der Waals surface area contributed by atoms with Crippen LogP contribution >= 0.6 is 7.81 Å². The summed E-state index contributed by atoms with van der Waals surface area (Å²) in [4.78, 5) is 92.5. The molecule has 0 N–H and O–H groups in total. The van der Waals surface area contributed by atoms with E-state index in [1.807, 2.05) is 140 Å². The van der Waals surface area contributed by atoms with Gasteiger partial charge in [-0.15, -0.1) is 0 Å². The van der Waals surface area contributed by atoms with Gasteiger partial charge in [0.15, 0.2) is 0 Å². The average Bonchev–Trinajstić information content (AvgIpc) is 0.971. The second-order valence-electron chi connectivity index (χ2n) is 26.7. The Bertz CT molecular complexity index is 3460. The molecule has 29 heteroatoms. The molecule has 102 heavy (non-hydrogen) atoms. The summed E-state index contributed by atoms with van der Waals surface area (Å²) in [5.74, 6) is -1.28. The third kappa shape index (κ3) is 33.3. The molecule has 6 aromatic rings. The maximum Gasteiger partial charge on any atom is 1.00 e. The molecule has 0 saturated heterocycles. The maximum atomic E-state index is 12.2. The van der Waals surface area contributed by atoms with E-state index in [-0.39, 0.29) is 102 Å². The van der Waals surface area contributed by atoms with Crippen molar-refractivity contribution in [2.45, 2.75) is 167 Å². The molecule has 0 aliphatic carbocycles.